The van der Waals surface area contributed by atoms with Gasteiger partial charge in [-0.2, -0.15) is 0 Å². The van der Waals surface area contributed by atoms with Crippen LogP contribution in [-0.2, 0) is 21.2 Å². The molecule has 4 heterocycles. The van der Waals surface area contributed by atoms with Gasteiger partial charge in [0.25, 0.3) is 5.91 Å². The van der Waals surface area contributed by atoms with Crippen LogP contribution in [0.5, 0.6) is 0 Å². The van der Waals surface area contributed by atoms with Crippen molar-refractivity contribution >= 4 is 15.9 Å². The number of sulfonamides is 1. The third kappa shape index (κ3) is 6.58. The van der Waals surface area contributed by atoms with Gasteiger partial charge in [-0.1, -0.05) is 0 Å². The van der Waals surface area contributed by atoms with Crippen LogP contribution in [0.15, 0.2) is 6.33 Å². The van der Waals surface area contributed by atoms with Crippen molar-refractivity contribution in [1.29, 1.82) is 0 Å². The van der Waals surface area contributed by atoms with E-state index in [1.54, 1.807) is 7.05 Å². The number of rotatable bonds is 7. The maximum absolute atomic E-state index is 13.3. The summed E-state index contributed by atoms with van der Waals surface area (Å²) in [4.78, 5) is 26.6. The number of piperidine rings is 2. The summed E-state index contributed by atoms with van der Waals surface area (Å²) in [6.45, 7) is 6.95. The molecule has 1 amide bonds. The lowest BCUT2D eigenvalue weighted by molar-refractivity contribution is 0.0516. The first-order valence-electron chi connectivity index (χ1n) is 13.1. The van der Waals surface area contributed by atoms with Crippen LogP contribution in [0.4, 0.5) is 0 Å². The number of amides is 1. The molecule has 1 unspecified atom stereocenters. The molecule has 3 aliphatic rings. The van der Waals surface area contributed by atoms with Crippen molar-refractivity contribution in [2.45, 2.75) is 70.4 Å². The standard InChI is InChI=1S/C25H41N5O4S/c1-19-23(7-6-20-5-4-16-34-17-20)26-18-27-24(19)25(31)30-14-10-22(11-15-30)29-12-8-21(9-13-29)28(2)35(3,32)33/h18,20-22H,4-17H2,1-3H3. The van der Waals surface area contributed by atoms with E-state index < -0.39 is 10.0 Å². The van der Waals surface area contributed by atoms with E-state index in [1.165, 1.54) is 23.3 Å². The molecule has 0 radical (unpaired) electrons. The molecule has 196 valence electrons. The van der Waals surface area contributed by atoms with E-state index >= 15 is 0 Å². The minimum absolute atomic E-state index is 0.0130. The Morgan fingerprint density at radius 1 is 1.11 bits per heavy atom. The van der Waals surface area contributed by atoms with Gasteiger partial charge in [0.05, 0.1) is 6.26 Å². The normalized spacial score (nSPS) is 23.7. The van der Waals surface area contributed by atoms with Crippen molar-refractivity contribution in [2.75, 3.05) is 52.7 Å². The fraction of sp³-hybridized carbons (Fsp3) is 0.800. The highest BCUT2D eigenvalue weighted by Gasteiger charge is 2.33. The second-order valence-electron chi connectivity index (χ2n) is 10.5. The Kier molecular flexibility index (Phi) is 8.78. The number of aromatic nitrogens is 2. The minimum atomic E-state index is -3.15. The second-order valence-corrected chi connectivity index (χ2v) is 12.5. The molecule has 0 spiro atoms. The van der Waals surface area contributed by atoms with Crippen LogP contribution in [0.1, 0.15) is 66.7 Å². The Labute approximate surface area is 210 Å². The number of nitrogens with zero attached hydrogens (tertiary/aromatic N) is 5. The van der Waals surface area contributed by atoms with Crippen LogP contribution in [0.25, 0.3) is 0 Å². The van der Waals surface area contributed by atoms with E-state index in [4.69, 9.17) is 4.74 Å². The molecule has 0 N–H and O–H groups in total. The molecule has 0 aliphatic carbocycles. The van der Waals surface area contributed by atoms with E-state index in [2.05, 4.69) is 14.9 Å². The number of aryl methyl sites for hydroxylation is 1. The Balaban J connectivity index is 1.28. The maximum atomic E-state index is 13.3. The molecular formula is C25H41N5O4S. The van der Waals surface area contributed by atoms with Crippen molar-refractivity contribution in [3.8, 4) is 0 Å². The van der Waals surface area contributed by atoms with Gasteiger partial charge >= 0.3 is 0 Å². The number of hydrogen-bond acceptors (Lipinski definition) is 7. The molecule has 4 rings (SSSR count). The molecule has 3 saturated heterocycles. The highest BCUT2D eigenvalue weighted by atomic mass is 32.2. The van der Waals surface area contributed by atoms with Crippen molar-refractivity contribution in [3.63, 3.8) is 0 Å². The third-order valence-electron chi connectivity index (χ3n) is 8.24. The van der Waals surface area contributed by atoms with Crippen LogP contribution in [-0.4, -0.2) is 103 Å². The predicted molar refractivity (Wildman–Crippen MR) is 135 cm³/mol. The zero-order chi connectivity index (χ0) is 25.0. The fourth-order valence-electron chi connectivity index (χ4n) is 5.80. The zero-order valence-electron chi connectivity index (χ0n) is 21.5. The Morgan fingerprint density at radius 2 is 1.83 bits per heavy atom. The van der Waals surface area contributed by atoms with Gasteiger partial charge in [0.15, 0.2) is 0 Å². The van der Waals surface area contributed by atoms with Gasteiger partial charge in [0.2, 0.25) is 10.0 Å². The molecule has 3 fully saturated rings. The first-order valence-corrected chi connectivity index (χ1v) is 14.9. The topological polar surface area (TPSA) is 95.9 Å². The summed E-state index contributed by atoms with van der Waals surface area (Å²) in [5.41, 5.74) is 2.43. The van der Waals surface area contributed by atoms with Gasteiger partial charge < -0.3 is 14.5 Å². The summed E-state index contributed by atoms with van der Waals surface area (Å²) in [6.07, 6.45) is 10.6. The Bertz CT molecular complexity index is 966. The molecule has 0 saturated carbocycles. The fourth-order valence-corrected chi connectivity index (χ4v) is 6.55. The average Bonchev–Trinajstić information content (AvgIpc) is 2.87. The monoisotopic (exact) mass is 507 g/mol. The number of carbonyl (C=O) groups excluding carboxylic acids is 1. The molecule has 10 heteroatoms. The van der Waals surface area contributed by atoms with Gasteiger partial charge in [-0.25, -0.2) is 22.7 Å². The molecule has 3 aliphatic heterocycles. The quantitative estimate of drug-likeness (QED) is 0.558. The van der Waals surface area contributed by atoms with Gasteiger partial charge in [-0.05, 0) is 77.3 Å². The van der Waals surface area contributed by atoms with E-state index in [-0.39, 0.29) is 11.9 Å². The molecular weight excluding hydrogens is 466 g/mol. The first kappa shape index (κ1) is 26.4. The van der Waals surface area contributed by atoms with Crippen LogP contribution >= 0.6 is 0 Å². The number of ether oxygens (including phenoxy) is 1. The third-order valence-corrected chi connectivity index (χ3v) is 9.58. The first-order chi connectivity index (χ1) is 16.7. The second kappa shape index (κ2) is 11.6. The highest BCUT2D eigenvalue weighted by Crippen LogP contribution is 2.25. The summed E-state index contributed by atoms with van der Waals surface area (Å²) in [6, 6.07) is 0.534. The summed E-state index contributed by atoms with van der Waals surface area (Å²) >= 11 is 0. The Hall–Kier alpha value is -1.62. The van der Waals surface area contributed by atoms with Crippen molar-refractivity contribution in [3.05, 3.63) is 23.3 Å². The lowest BCUT2D eigenvalue weighted by Crippen LogP contribution is -2.52. The largest absolute Gasteiger partial charge is 0.381 e. The number of likely N-dealkylation sites (tertiary alicyclic amines) is 2. The smallest absolute Gasteiger partial charge is 0.272 e. The summed E-state index contributed by atoms with van der Waals surface area (Å²) < 4.78 is 30.8. The lowest BCUT2D eigenvalue weighted by Gasteiger charge is -2.43. The summed E-state index contributed by atoms with van der Waals surface area (Å²) in [5.74, 6) is 0.590. The predicted octanol–water partition coefficient (Wildman–Crippen LogP) is 2.10. The molecule has 0 aromatic carbocycles. The van der Waals surface area contributed by atoms with Crippen LogP contribution in [0.3, 0.4) is 0 Å². The molecule has 1 aromatic heterocycles. The number of carbonyl (C=O) groups is 1. The van der Waals surface area contributed by atoms with Gasteiger partial charge in [-0.3, -0.25) is 4.79 Å². The summed E-state index contributed by atoms with van der Waals surface area (Å²) in [7, 11) is -1.46. The van der Waals surface area contributed by atoms with E-state index in [0.717, 1.165) is 95.6 Å². The molecule has 0 bridgehead atoms. The van der Waals surface area contributed by atoms with Gasteiger partial charge in [0.1, 0.15) is 12.0 Å². The summed E-state index contributed by atoms with van der Waals surface area (Å²) in [5, 5.41) is 0. The van der Waals surface area contributed by atoms with Gasteiger partial charge in [-0.15, -0.1) is 0 Å². The van der Waals surface area contributed by atoms with E-state index in [9.17, 15) is 13.2 Å². The highest BCUT2D eigenvalue weighted by molar-refractivity contribution is 7.88. The maximum Gasteiger partial charge on any atom is 0.272 e. The van der Waals surface area contributed by atoms with E-state index in [1.807, 2.05) is 11.8 Å². The lowest BCUT2D eigenvalue weighted by atomic mass is 9.94. The van der Waals surface area contributed by atoms with Crippen molar-refractivity contribution < 1.29 is 17.9 Å². The van der Waals surface area contributed by atoms with Crippen LogP contribution in [0.2, 0.25) is 0 Å². The Morgan fingerprint density at radius 3 is 2.46 bits per heavy atom. The molecule has 9 nitrogen and oxygen atoms in total. The molecule has 1 aromatic rings. The molecule has 35 heavy (non-hydrogen) atoms. The zero-order valence-corrected chi connectivity index (χ0v) is 22.3. The van der Waals surface area contributed by atoms with Crippen molar-refractivity contribution in [2.24, 2.45) is 5.92 Å². The van der Waals surface area contributed by atoms with Gasteiger partial charge in [0, 0.05) is 56.7 Å². The van der Waals surface area contributed by atoms with E-state index in [0.29, 0.717) is 17.7 Å². The SMILES string of the molecule is Cc1c(CCC2CCCOC2)ncnc1C(=O)N1CCC(N2CCC(N(C)S(C)(=O)=O)CC2)CC1. The average molecular weight is 508 g/mol. The van der Waals surface area contributed by atoms with Crippen LogP contribution < -0.4 is 0 Å². The number of hydrogen-bond donors (Lipinski definition) is 0. The molecule has 1 atom stereocenters. The minimum Gasteiger partial charge on any atom is -0.381 e. The van der Waals surface area contributed by atoms with Crippen molar-refractivity contribution in [1.82, 2.24) is 24.1 Å². The van der Waals surface area contributed by atoms with Crippen LogP contribution in [0, 0.1) is 12.8 Å².